The van der Waals surface area contributed by atoms with Crippen molar-refractivity contribution in [1.29, 1.82) is 0 Å². The molecule has 0 saturated carbocycles. The van der Waals surface area contributed by atoms with Crippen molar-refractivity contribution in [2.75, 3.05) is 27.3 Å². The van der Waals surface area contributed by atoms with Crippen LogP contribution in [0.15, 0.2) is 24.3 Å². The molecular weight excluding hydrogens is 268 g/mol. The van der Waals surface area contributed by atoms with Crippen molar-refractivity contribution in [1.82, 2.24) is 10.6 Å². The Morgan fingerprint density at radius 3 is 2.52 bits per heavy atom. The van der Waals surface area contributed by atoms with E-state index in [1.165, 1.54) is 0 Å². The molecule has 2 rings (SSSR count). The molecule has 0 radical (unpaired) electrons. The molecule has 1 aliphatic heterocycles. The van der Waals surface area contributed by atoms with E-state index in [0.717, 1.165) is 24.2 Å². The summed E-state index contributed by atoms with van der Waals surface area (Å²) in [7, 11) is 3.29. The second kappa shape index (κ2) is 7.54. The molecule has 21 heavy (non-hydrogen) atoms. The van der Waals surface area contributed by atoms with Crippen LogP contribution in [0.1, 0.15) is 24.0 Å². The van der Waals surface area contributed by atoms with Crippen LogP contribution in [-0.4, -0.2) is 38.8 Å². The third-order valence-corrected chi connectivity index (χ3v) is 4.07. The lowest BCUT2D eigenvalue weighted by molar-refractivity contribution is -0.146. The van der Waals surface area contributed by atoms with Crippen LogP contribution in [0.25, 0.3) is 0 Å². The highest BCUT2D eigenvalue weighted by atomic mass is 16.5. The van der Waals surface area contributed by atoms with Crippen molar-refractivity contribution >= 4 is 5.91 Å². The number of benzene rings is 1. The zero-order valence-electron chi connectivity index (χ0n) is 12.8. The maximum atomic E-state index is 12.5. The first-order valence-electron chi connectivity index (χ1n) is 7.32. The standard InChI is InChI=1S/C16H24N2O3/c1-20-12-14-6-4-3-5-13(14)11-18-15(19)16(21-2)7-9-17-10-8-16/h3-6,17H,7-12H2,1-2H3,(H,18,19). The summed E-state index contributed by atoms with van der Waals surface area (Å²) in [6.07, 6.45) is 1.41. The summed E-state index contributed by atoms with van der Waals surface area (Å²) in [5.41, 5.74) is 1.48. The maximum Gasteiger partial charge on any atom is 0.252 e. The molecule has 0 aromatic heterocycles. The monoisotopic (exact) mass is 292 g/mol. The highest BCUT2D eigenvalue weighted by Gasteiger charge is 2.39. The topological polar surface area (TPSA) is 59.6 Å². The van der Waals surface area contributed by atoms with Crippen LogP contribution in [0.2, 0.25) is 0 Å². The molecule has 5 nitrogen and oxygen atoms in total. The van der Waals surface area contributed by atoms with Crippen LogP contribution in [0.5, 0.6) is 0 Å². The van der Waals surface area contributed by atoms with Crippen molar-refractivity contribution in [3.63, 3.8) is 0 Å². The average Bonchev–Trinajstić information content (AvgIpc) is 2.54. The van der Waals surface area contributed by atoms with Crippen molar-refractivity contribution in [2.45, 2.75) is 31.6 Å². The molecule has 116 valence electrons. The number of carbonyl (C=O) groups is 1. The SMILES string of the molecule is COCc1ccccc1CNC(=O)C1(OC)CCNCC1. The van der Waals surface area contributed by atoms with Gasteiger partial charge in [-0.2, -0.15) is 0 Å². The van der Waals surface area contributed by atoms with Gasteiger partial charge in [-0.05, 0) is 37.1 Å². The van der Waals surface area contributed by atoms with Gasteiger partial charge in [0.05, 0.1) is 6.61 Å². The second-order valence-electron chi connectivity index (χ2n) is 5.33. The minimum Gasteiger partial charge on any atom is -0.380 e. The van der Waals surface area contributed by atoms with E-state index in [-0.39, 0.29) is 5.91 Å². The lowest BCUT2D eigenvalue weighted by Crippen LogP contribution is -2.54. The maximum absolute atomic E-state index is 12.5. The summed E-state index contributed by atoms with van der Waals surface area (Å²) >= 11 is 0. The van der Waals surface area contributed by atoms with Crippen LogP contribution >= 0.6 is 0 Å². The van der Waals surface area contributed by atoms with Crippen LogP contribution in [0.4, 0.5) is 0 Å². The number of piperidine rings is 1. The number of nitrogens with one attached hydrogen (secondary N) is 2. The minimum atomic E-state index is -0.693. The van der Waals surface area contributed by atoms with Crippen LogP contribution in [0, 0.1) is 0 Å². The summed E-state index contributed by atoms with van der Waals surface area (Å²) in [5, 5.41) is 6.26. The molecule has 1 fully saturated rings. The zero-order valence-corrected chi connectivity index (χ0v) is 12.8. The Hall–Kier alpha value is -1.43. The van der Waals surface area contributed by atoms with Gasteiger partial charge in [-0.3, -0.25) is 4.79 Å². The molecule has 1 aliphatic rings. The number of amides is 1. The fourth-order valence-corrected chi connectivity index (χ4v) is 2.72. The minimum absolute atomic E-state index is 0.0290. The van der Waals surface area contributed by atoms with E-state index in [4.69, 9.17) is 9.47 Å². The van der Waals surface area contributed by atoms with E-state index >= 15 is 0 Å². The Bertz CT molecular complexity index is 470. The predicted octanol–water partition coefficient (Wildman–Crippen LogP) is 1.22. The second-order valence-corrected chi connectivity index (χ2v) is 5.33. The summed E-state index contributed by atoms with van der Waals surface area (Å²) in [4.78, 5) is 12.5. The third-order valence-electron chi connectivity index (χ3n) is 4.07. The van der Waals surface area contributed by atoms with E-state index in [0.29, 0.717) is 26.0 Å². The highest BCUT2D eigenvalue weighted by molar-refractivity contribution is 5.85. The van der Waals surface area contributed by atoms with Crippen LogP contribution < -0.4 is 10.6 Å². The predicted molar refractivity (Wildman–Crippen MR) is 80.8 cm³/mol. The number of ether oxygens (including phenoxy) is 2. The first-order chi connectivity index (χ1) is 10.2. The van der Waals surface area contributed by atoms with E-state index < -0.39 is 5.60 Å². The molecule has 2 N–H and O–H groups in total. The van der Waals surface area contributed by atoms with Crippen LogP contribution in [-0.2, 0) is 27.4 Å². The molecule has 0 bridgehead atoms. The van der Waals surface area contributed by atoms with Gasteiger partial charge in [0.2, 0.25) is 0 Å². The van der Waals surface area contributed by atoms with Gasteiger partial charge in [0.15, 0.2) is 0 Å². The molecule has 1 heterocycles. The molecule has 1 aromatic rings. The Kier molecular flexibility index (Phi) is 5.73. The van der Waals surface area contributed by atoms with Gasteiger partial charge in [0, 0.05) is 20.8 Å². The number of hydrogen-bond acceptors (Lipinski definition) is 4. The quantitative estimate of drug-likeness (QED) is 0.827. The Balaban J connectivity index is 2.00. The van der Waals surface area contributed by atoms with Crippen LogP contribution in [0.3, 0.4) is 0 Å². The van der Waals surface area contributed by atoms with E-state index in [1.807, 2.05) is 24.3 Å². The molecule has 0 unspecified atom stereocenters. The van der Waals surface area contributed by atoms with Crippen molar-refractivity contribution < 1.29 is 14.3 Å². The van der Waals surface area contributed by atoms with Gasteiger partial charge in [0.25, 0.3) is 5.91 Å². The van der Waals surface area contributed by atoms with Gasteiger partial charge in [-0.15, -0.1) is 0 Å². The zero-order chi connectivity index (χ0) is 15.1. The lowest BCUT2D eigenvalue weighted by Gasteiger charge is -2.34. The molecule has 1 aromatic carbocycles. The van der Waals surface area contributed by atoms with Gasteiger partial charge in [-0.1, -0.05) is 24.3 Å². The normalized spacial score (nSPS) is 17.4. The smallest absolute Gasteiger partial charge is 0.252 e. The van der Waals surface area contributed by atoms with Gasteiger partial charge in [-0.25, -0.2) is 0 Å². The van der Waals surface area contributed by atoms with Gasteiger partial charge in [0.1, 0.15) is 5.60 Å². The highest BCUT2D eigenvalue weighted by Crippen LogP contribution is 2.23. The molecule has 0 spiro atoms. The largest absolute Gasteiger partial charge is 0.380 e. The summed E-state index contributed by atoms with van der Waals surface area (Å²) in [5.74, 6) is -0.0290. The van der Waals surface area contributed by atoms with E-state index in [9.17, 15) is 4.79 Å². The fraction of sp³-hybridized carbons (Fsp3) is 0.562. The third kappa shape index (κ3) is 3.81. The molecule has 0 aliphatic carbocycles. The molecule has 0 atom stereocenters. The van der Waals surface area contributed by atoms with Gasteiger partial charge < -0.3 is 20.1 Å². The van der Waals surface area contributed by atoms with Crippen molar-refractivity contribution in [3.8, 4) is 0 Å². The molecule has 1 amide bonds. The summed E-state index contributed by atoms with van der Waals surface area (Å²) in [6, 6.07) is 7.97. The first kappa shape index (κ1) is 15.9. The van der Waals surface area contributed by atoms with E-state index in [1.54, 1.807) is 14.2 Å². The fourth-order valence-electron chi connectivity index (χ4n) is 2.72. The van der Waals surface area contributed by atoms with Crippen molar-refractivity contribution in [2.24, 2.45) is 0 Å². The average molecular weight is 292 g/mol. The molecular formula is C16H24N2O3. The first-order valence-corrected chi connectivity index (χ1v) is 7.32. The Morgan fingerprint density at radius 2 is 1.90 bits per heavy atom. The number of rotatable bonds is 6. The number of methoxy groups -OCH3 is 2. The lowest BCUT2D eigenvalue weighted by atomic mass is 9.91. The van der Waals surface area contributed by atoms with Gasteiger partial charge >= 0.3 is 0 Å². The van der Waals surface area contributed by atoms with Crippen molar-refractivity contribution in [3.05, 3.63) is 35.4 Å². The number of hydrogen-bond donors (Lipinski definition) is 2. The molecule has 1 saturated heterocycles. The Labute approximate surface area is 126 Å². The summed E-state index contributed by atoms with van der Waals surface area (Å²) < 4.78 is 10.7. The summed E-state index contributed by atoms with van der Waals surface area (Å²) in [6.45, 7) is 2.66. The molecule has 5 heteroatoms. The Morgan fingerprint density at radius 1 is 1.24 bits per heavy atom. The van der Waals surface area contributed by atoms with E-state index in [2.05, 4.69) is 10.6 Å². The number of carbonyl (C=O) groups excluding carboxylic acids is 1.